The van der Waals surface area contributed by atoms with E-state index in [0.717, 1.165) is 16.8 Å². The Morgan fingerprint density at radius 2 is 1.53 bits per heavy atom. The summed E-state index contributed by atoms with van der Waals surface area (Å²) < 4.78 is 0. The third kappa shape index (κ3) is 2.86. The Bertz CT molecular complexity index is 506. The van der Waals surface area contributed by atoms with Gasteiger partial charge in [-0.2, -0.15) is 0 Å². The highest BCUT2D eigenvalue weighted by molar-refractivity contribution is 6.30. The van der Waals surface area contributed by atoms with Crippen LogP contribution in [-0.2, 0) is 4.84 Å². The number of rotatable bonds is 3. The van der Waals surface area contributed by atoms with Crippen molar-refractivity contribution in [1.29, 1.82) is 0 Å². The summed E-state index contributed by atoms with van der Waals surface area (Å²) in [6.45, 7) is 0. The average molecular weight is 246 g/mol. The summed E-state index contributed by atoms with van der Waals surface area (Å²) in [5, 5.41) is 4.77. The Labute approximate surface area is 105 Å². The van der Waals surface area contributed by atoms with Gasteiger partial charge in [-0.05, 0) is 12.1 Å². The third-order valence-electron chi connectivity index (χ3n) is 2.35. The van der Waals surface area contributed by atoms with Crippen molar-refractivity contribution in [1.82, 2.24) is 0 Å². The van der Waals surface area contributed by atoms with E-state index in [2.05, 4.69) is 5.16 Å². The largest absolute Gasteiger partial charge is 0.399 e. The van der Waals surface area contributed by atoms with Gasteiger partial charge in [0.2, 0.25) is 0 Å². The fourth-order valence-corrected chi connectivity index (χ4v) is 1.69. The van der Waals surface area contributed by atoms with E-state index in [1.54, 1.807) is 7.11 Å². The molecule has 0 aliphatic carbocycles. The fourth-order valence-electron chi connectivity index (χ4n) is 1.57. The summed E-state index contributed by atoms with van der Waals surface area (Å²) >= 11 is 5.87. The highest BCUT2D eigenvalue weighted by Gasteiger charge is 2.07. The zero-order valence-corrected chi connectivity index (χ0v) is 10.2. The van der Waals surface area contributed by atoms with E-state index >= 15 is 0 Å². The Balaban J connectivity index is 2.44. The molecule has 0 aromatic heterocycles. The summed E-state index contributed by atoms with van der Waals surface area (Å²) in [4.78, 5) is 4.90. The Kier molecular flexibility index (Phi) is 3.78. The first-order chi connectivity index (χ1) is 8.31. The molecule has 0 saturated heterocycles. The highest BCUT2D eigenvalue weighted by atomic mass is 35.5. The van der Waals surface area contributed by atoms with Crippen molar-refractivity contribution >= 4 is 17.3 Å². The summed E-state index contributed by atoms with van der Waals surface area (Å²) in [7, 11) is 1.54. The quantitative estimate of drug-likeness (QED) is 0.596. The van der Waals surface area contributed by atoms with Crippen molar-refractivity contribution in [2.75, 3.05) is 7.11 Å². The Morgan fingerprint density at radius 1 is 0.941 bits per heavy atom. The van der Waals surface area contributed by atoms with Crippen molar-refractivity contribution < 1.29 is 4.84 Å². The molecule has 2 rings (SSSR count). The second-order valence-corrected chi connectivity index (χ2v) is 3.93. The van der Waals surface area contributed by atoms with E-state index in [1.807, 2.05) is 54.6 Å². The summed E-state index contributed by atoms with van der Waals surface area (Å²) in [5.41, 5.74) is 2.78. The molecule has 0 unspecified atom stereocenters. The van der Waals surface area contributed by atoms with E-state index in [-0.39, 0.29) is 0 Å². The molecule has 0 saturated carbocycles. The van der Waals surface area contributed by atoms with Gasteiger partial charge in [0.25, 0.3) is 0 Å². The number of benzene rings is 2. The van der Waals surface area contributed by atoms with Crippen molar-refractivity contribution in [2.45, 2.75) is 0 Å². The fraction of sp³-hybridized carbons (Fsp3) is 0.0714. The summed E-state index contributed by atoms with van der Waals surface area (Å²) in [5.74, 6) is 0. The minimum atomic E-state index is 0.707. The van der Waals surface area contributed by atoms with Gasteiger partial charge in [-0.3, -0.25) is 0 Å². The lowest BCUT2D eigenvalue weighted by atomic mass is 10.0. The van der Waals surface area contributed by atoms with Gasteiger partial charge in [0.1, 0.15) is 12.8 Å². The molecule has 0 N–H and O–H groups in total. The molecule has 3 heteroatoms. The van der Waals surface area contributed by atoms with E-state index in [1.165, 1.54) is 0 Å². The van der Waals surface area contributed by atoms with Crippen molar-refractivity contribution in [3.8, 4) is 0 Å². The molecule has 0 fully saturated rings. The minimum Gasteiger partial charge on any atom is -0.399 e. The molecule has 2 aromatic carbocycles. The smallest absolute Gasteiger partial charge is 0.117 e. The Hall–Kier alpha value is -1.80. The standard InChI is InChI=1S/C14H12ClNO/c1-17-16-14(11-5-3-2-4-6-11)12-7-9-13(15)10-8-12/h2-10H,1H3/b16-14+. The van der Waals surface area contributed by atoms with Crippen molar-refractivity contribution in [3.05, 3.63) is 70.7 Å². The molecule has 86 valence electrons. The average Bonchev–Trinajstić information content (AvgIpc) is 2.38. The normalized spacial score (nSPS) is 11.3. The number of halogens is 1. The maximum absolute atomic E-state index is 5.87. The first-order valence-corrected chi connectivity index (χ1v) is 5.61. The lowest BCUT2D eigenvalue weighted by Gasteiger charge is -2.06. The van der Waals surface area contributed by atoms with Gasteiger partial charge in [0.05, 0.1) is 0 Å². The molecule has 0 aliphatic rings. The van der Waals surface area contributed by atoms with Gasteiger partial charge in [-0.1, -0.05) is 59.2 Å². The predicted octanol–water partition coefficient (Wildman–Crippen LogP) is 3.74. The maximum atomic E-state index is 5.87. The highest BCUT2D eigenvalue weighted by Crippen LogP contribution is 2.14. The van der Waals surface area contributed by atoms with Gasteiger partial charge in [-0.15, -0.1) is 0 Å². The lowest BCUT2D eigenvalue weighted by molar-refractivity contribution is 0.214. The number of hydrogen-bond donors (Lipinski definition) is 0. The monoisotopic (exact) mass is 245 g/mol. The van der Waals surface area contributed by atoms with E-state index in [0.29, 0.717) is 5.02 Å². The van der Waals surface area contributed by atoms with Gasteiger partial charge in [0, 0.05) is 16.1 Å². The first-order valence-electron chi connectivity index (χ1n) is 5.24. The van der Waals surface area contributed by atoms with Gasteiger partial charge >= 0.3 is 0 Å². The van der Waals surface area contributed by atoms with Crippen LogP contribution < -0.4 is 0 Å². The second kappa shape index (κ2) is 5.51. The van der Waals surface area contributed by atoms with Crippen LogP contribution in [0.4, 0.5) is 0 Å². The van der Waals surface area contributed by atoms with Crippen LogP contribution in [-0.4, -0.2) is 12.8 Å². The first kappa shape index (κ1) is 11.7. The molecule has 0 bridgehead atoms. The number of oxime groups is 1. The molecule has 0 spiro atoms. The van der Waals surface area contributed by atoms with Crippen LogP contribution in [0.5, 0.6) is 0 Å². The van der Waals surface area contributed by atoms with Crippen LogP contribution in [0.25, 0.3) is 0 Å². The molecule has 0 heterocycles. The number of nitrogens with zero attached hydrogens (tertiary/aromatic N) is 1. The zero-order chi connectivity index (χ0) is 12.1. The van der Waals surface area contributed by atoms with Crippen LogP contribution in [0.15, 0.2) is 59.8 Å². The van der Waals surface area contributed by atoms with Crippen LogP contribution in [0.1, 0.15) is 11.1 Å². The van der Waals surface area contributed by atoms with Crippen molar-refractivity contribution in [2.24, 2.45) is 5.16 Å². The van der Waals surface area contributed by atoms with Crippen LogP contribution in [0.2, 0.25) is 5.02 Å². The van der Waals surface area contributed by atoms with E-state index < -0.39 is 0 Å². The third-order valence-corrected chi connectivity index (χ3v) is 2.60. The molecule has 17 heavy (non-hydrogen) atoms. The van der Waals surface area contributed by atoms with Gasteiger partial charge < -0.3 is 4.84 Å². The lowest BCUT2D eigenvalue weighted by Crippen LogP contribution is -2.03. The molecule has 0 aliphatic heterocycles. The van der Waals surface area contributed by atoms with Crippen LogP contribution in [0.3, 0.4) is 0 Å². The van der Waals surface area contributed by atoms with Gasteiger partial charge in [0.15, 0.2) is 0 Å². The number of hydrogen-bond acceptors (Lipinski definition) is 2. The SMILES string of the molecule is CO/N=C(\c1ccccc1)c1ccc(Cl)cc1. The molecular formula is C14H12ClNO. The predicted molar refractivity (Wildman–Crippen MR) is 70.5 cm³/mol. The Morgan fingerprint density at radius 3 is 2.12 bits per heavy atom. The van der Waals surface area contributed by atoms with E-state index in [4.69, 9.17) is 16.4 Å². The van der Waals surface area contributed by atoms with E-state index in [9.17, 15) is 0 Å². The summed E-state index contributed by atoms with van der Waals surface area (Å²) in [6, 6.07) is 17.4. The van der Waals surface area contributed by atoms with Crippen LogP contribution in [0, 0.1) is 0 Å². The molecule has 0 amide bonds. The zero-order valence-electron chi connectivity index (χ0n) is 9.43. The summed E-state index contributed by atoms with van der Waals surface area (Å²) in [6.07, 6.45) is 0. The molecule has 2 nitrogen and oxygen atoms in total. The minimum absolute atomic E-state index is 0.707. The van der Waals surface area contributed by atoms with Gasteiger partial charge in [-0.25, -0.2) is 0 Å². The maximum Gasteiger partial charge on any atom is 0.117 e. The topological polar surface area (TPSA) is 21.6 Å². The second-order valence-electron chi connectivity index (χ2n) is 3.50. The molecule has 0 atom stereocenters. The molecule has 2 aromatic rings. The molecule has 0 radical (unpaired) electrons. The molecular weight excluding hydrogens is 234 g/mol. The van der Waals surface area contributed by atoms with Crippen molar-refractivity contribution in [3.63, 3.8) is 0 Å². The van der Waals surface area contributed by atoms with Crippen LogP contribution >= 0.6 is 11.6 Å².